The Hall–Kier alpha value is -1.92. The molecular formula is C14H23N5O2. The molecule has 1 saturated heterocycles. The second kappa shape index (κ2) is 6.24. The van der Waals surface area contributed by atoms with Crippen LogP contribution in [0.4, 0.5) is 0 Å². The Morgan fingerprint density at radius 2 is 2.10 bits per heavy atom. The van der Waals surface area contributed by atoms with Crippen LogP contribution in [0, 0.1) is 5.92 Å². The van der Waals surface area contributed by atoms with Gasteiger partial charge in [-0.3, -0.25) is 9.59 Å². The van der Waals surface area contributed by atoms with Gasteiger partial charge in [-0.1, -0.05) is 20.3 Å². The van der Waals surface area contributed by atoms with Crippen LogP contribution in [0.2, 0.25) is 0 Å². The summed E-state index contributed by atoms with van der Waals surface area (Å²) < 4.78 is 1.79. The smallest absolute Gasteiger partial charge is 0.243 e. The molecule has 0 aromatic carbocycles. The molecule has 2 unspecified atom stereocenters. The number of amides is 2. The minimum atomic E-state index is -0.437. The van der Waals surface area contributed by atoms with E-state index in [9.17, 15) is 9.59 Å². The fourth-order valence-corrected chi connectivity index (χ4v) is 2.61. The summed E-state index contributed by atoms with van der Waals surface area (Å²) in [6.45, 7) is 8.40. The van der Waals surface area contributed by atoms with Crippen molar-refractivity contribution in [3.63, 3.8) is 0 Å². The van der Waals surface area contributed by atoms with Crippen molar-refractivity contribution in [2.24, 2.45) is 5.92 Å². The van der Waals surface area contributed by atoms with Crippen LogP contribution < -0.4 is 5.32 Å². The van der Waals surface area contributed by atoms with Gasteiger partial charge in [0, 0.05) is 6.04 Å². The van der Waals surface area contributed by atoms with E-state index in [1.165, 1.54) is 6.33 Å². The monoisotopic (exact) mass is 293 g/mol. The Labute approximate surface area is 124 Å². The van der Waals surface area contributed by atoms with Crippen molar-refractivity contribution in [2.45, 2.75) is 52.7 Å². The van der Waals surface area contributed by atoms with E-state index in [4.69, 9.17) is 0 Å². The SMILES string of the molecule is CCC(C)C1C(=O)NCC(=O)N1Cc1ncnn1C(C)C. The lowest BCUT2D eigenvalue weighted by Gasteiger charge is -2.37. The Kier molecular flexibility index (Phi) is 4.59. The molecule has 7 nitrogen and oxygen atoms in total. The number of piperazine rings is 1. The Morgan fingerprint density at radius 1 is 1.38 bits per heavy atom. The molecule has 21 heavy (non-hydrogen) atoms. The minimum Gasteiger partial charge on any atom is -0.345 e. The normalized spacial score (nSPS) is 20.8. The number of nitrogens with one attached hydrogen (secondary N) is 1. The molecule has 0 bridgehead atoms. The van der Waals surface area contributed by atoms with E-state index in [0.717, 1.165) is 6.42 Å². The van der Waals surface area contributed by atoms with Crippen LogP contribution in [-0.4, -0.2) is 44.1 Å². The van der Waals surface area contributed by atoms with E-state index in [1.807, 2.05) is 27.7 Å². The molecule has 2 rings (SSSR count). The number of nitrogens with zero attached hydrogens (tertiary/aromatic N) is 4. The maximum Gasteiger partial charge on any atom is 0.243 e. The predicted octanol–water partition coefficient (Wildman–Crippen LogP) is 0.732. The lowest BCUT2D eigenvalue weighted by molar-refractivity contribution is -0.148. The molecule has 0 spiro atoms. The van der Waals surface area contributed by atoms with Crippen LogP contribution in [0.25, 0.3) is 0 Å². The fraction of sp³-hybridized carbons (Fsp3) is 0.714. The van der Waals surface area contributed by atoms with E-state index in [2.05, 4.69) is 15.4 Å². The van der Waals surface area contributed by atoms with Crippen LogP contribution >= 0.6 is 0 Å². The molecule has 7 heteroatoms. The van der Waals surface area contributed by atoms with Gasteiger partial charge in [0.15, 0.2) is 0 Å². The van der Waals surface area contributed by atoms with Crippen molar-refractivity contribution >= 4 is 11.8 Å². The van der Waals surface area contributed by atoms with Crippen molar-refractivity contribution in [3.8, 4) is 0 Å². The molecule has 1 fully saturated rings. The first kappa shape index (κ1) is 15.5. The molecule has 1 aliphatic rings. The van der Waals surface area contributed by atoms with Gasteiger partial charge in [-0.2, -0.15) is 5.10 Å². The third-order valence-corrected chi connectivity index (χ3v) is 3.97. The van der Waals surface area contributed by atoms with Gasteiger partial charge in [0.05, 0.1) is 13.1 Å². The van der Waals surface area contributed by atoms with E-state index >= 15 is 0 Å². The maximum absolute atomic E-state index is 12.2. The minimum absolute atomic E-state index is 0.0571. The molecule has 0 saturated carbocycles. The molecule has 0 radical (unpaired) electrons. The van der Waals surface area contributed by atoms with Crippen molar-refractivity contribution in [2.75, 3.05) is 6.54 Å². The highest BCUT2D eigenvalue weighted by Gasteiger charge is 2.38. The van der Waals surface area contributed by atoms with E-state index < -0.39 is 6.04 Å². The number of aromatic nitrogens is 3. The molecule has 0 aliphatic carbocycles. The fourth-order valence-electron chi connectivity index (χ4n) is 2.61. The zero-order valence-corrected chi connectivity index (χ0v) is 13.0. The van der Waals surface area contributed by atoms with Gasteiger partial charge in [0.2, 0.25) is 11.8 Å². The molecule has 2 amide bonds. The highest BCUT2D eigenvalue weighted by Crippen LogP contribution is 2.20. The van der Waals surface area contributed by atoms with Gasteiger partial charge in [-0.15, -0.1) is 0 Å². The average molecular weight is 293 g/mol. The standard InChI is InChI=1S/C14H23N5O2/c1-5-10(4)13-14(21)15-6-12(20)18(13)7-11-16-8-17-19(11)9(2)3/h8-10,13H,5-7H2,1-4H3,(H,15,21). The summed E-state index contributed by atoms with van der Waals surface area (Å²) in [4.78, 5) is 30.3. The predicted molar refractivity (Wildman–Crippen MR) is 77.2 cm³/mol. The van der Waals surface area contributed by atoms with Crippen molar-refractivity contribution in [1.82, 2.24) is 25.0 Å². The van der Waals surface area contributed by atoms with E-state index in [0.29, 0.717) is 12.4 Å². The van der Waals surface area contributed by atoms with Gasteiger partial charge >= 0.3 is 0 Å². The van der Waals surface area contributed by atoms with E-state index in [1.54, 1.807) is 9.58 Å². The highest BCUT2D eigenvalue weighted by atomic mass is 16.2. The van der Waals surface area contributed by atoms with Crippen molar-refractivity contribution in [3.05, 3.63) is 12.2 Å². The quantitative estimate of drug-likeness (QED) is 0.868. The number of carbonyl (C=O) groups is 2. The van der Waals surface area contributed by atoms with Crippen molar-refractivity contribution < 1.29 is 9.59 Å². The molecule has 1 N–H and O–H groups in total. The van der Waals surface area contributed by atoms with Gasteiger partial charge in [-0.25, -0.2) is 9.67 Å². The Bertz CT molecular complexity index is 525. The number of hydrogen-bond donors (Lipinski definition) is 1. The second-order valence-electron chi connectivity index (χ2n) is 5.78. The van der Waals surface area contributed by atoms with Crippen LogP contribution in [0.15, 0.2) is 6.33 Å². The summed E-state index contributed by atoms with van der Waals surface area (Å²) in [6.07, 6.45) is 2.32. The zero-order chi connectivity index (χ0) is 15.6. The van der Waals surface area contributed by atoms with E-state index in [-0.39, 0.29) is 30.3 Å². The topological polar surface area (TPSA) is 80.1 Å². The average Bonchev–Trinajstić information content (AvgIpc) is 2.91. The first-order chi connectivity index (χ1) is 9.95. The Balaban J connectivity index is 2.27. The summed E-state index contributed by atoms with van der Waals surface area (Å²) in [7, 11) is 0. The van der Waals surface area contributed by atoms with Gasteiger partial charge in [0.1, 0.15) is 18.2 Å². The van der Waals surface area contributed by atoms with Gasteiger partial charge < -0.3 is 10.2 Å². The molecule has 2 atom stereocenters. The molecule has 2 heterocycles. The molecular weight excluding hydrogens is 270 g/mol. The van der Waals surface area contributed by atoms with Gasteiger partial charge in [-0.05, 0) is 19.8 Å². The van der Waals surface area contributed by atoms with Crippen LogP contribution in [0.3, 0.4) is 0 Å². The number of rotatable bonds is 5. The van der Waals surface area contributed by atoms with Gasteiger partial charge in [0.25, 0.3) is 0 Å². The summed E-state index contributed by atoms with van der Waals surface area (Å²) in [5.41, 5.74) is 0. The largest absolute Gasteiger partial charge is 0.345 e. The molecule has 1 aromatic rings. The summed E-state index contributed by atoms with van der Waals surface area (Å²) in [5, 5.41) is 6.85. The summed E-state index contributed by atoms with van der Waals surface area (Å²) >= 11 is 0. The highest BCUT2D eigenvalue weighted by molar-refractivity contribution is 5.94. The van der Waals surface area contributed by atoms with Crippen LogP contribution in [0.1, 0.15) is 46.0 Å². The maximum atomic E-state index is 12.2. The summed E-state index contributed by atoms with van der Waals surface area (Å²) in [6, 6.07) is -0.271. The first-order valence-electron chi connectivity index (χ1n) is 7.41. The number of hydrogen-bond acceptors (Lipinski definition) is 4. The lowest BCUT2D eigenvalue weighted by Crippen LogP contribution is -2.60. The zero-order valence-electron chi connectivity index (χ0n) is 13.0. The lowest BCUT2D eigenvalue weighted by atomic mass is 9.95. The molecule has 116 valence electrons. The number of carbonyl (C=O) groups excluding carboxylic acids is 2. The Morgan fingerprint density at radius 3 is 2.71 bits per heavy atom. The first-order valence-corrected chi connectivity index (χ1v) is 7.41. The van der Waals surface area contributed by atoms with Crippen LogP contribution in [-0.2, 0) is 16.1 Å². The third kappa shape index (κ3) is 3.06. The summed E-state index contributed by atoms with van der Waals surface area (Å²) in [5.74, 6) is 0.656. The van der Waals surface area contributed by atoms with Crippen LogP contribution in [0.5, 0.6) is 0 Å². The third-order valence-electron chi connectivity index (χ3n) is 3.97. The second-order valence-corrected chi connectivity index (χ2v) is 5.78. The van der Waals surface area contributed by atoms with Crippen molar-refractivity contribution in [1.29, 1.82) is 0 Å². The molecule has 1 aromatic heterocycles. The molecule has 1 aliphatic heterocycles.